The molecule has 0 aliphatic carbocycles. The van der Waals surface area contributed by atoms with Gasteiger partial charge in [-0.2, -0.15) is 0 Å². The van der Waals surface area contributed by atoms with Crippen molar-refractivity contribution in [2.45, 2.75) is 64.2 Å². The third-order valence-corrected chi connectivity index (χ3v) is 11.6. The molecule has 224 valence electrons. The molecule has 0 spiro atoms. The van der Waals surface area contributed by atoms with Gasteiger partial charge in [0.2, 0.25) is 0 Å². The molecule has 38 heavy (non-hydrogen) atoms. The van der Waals surface area contributed by atoms with E-state index < -0.39 is 55.3 Å². The molecule has 0 saturated carbocycles. The summed E-state index contributed by atoms with van der Waals surface area (Å²) in [5.74, 6) is -3.70. The van der Waals surface area contributed by atoms with Crippen molar-refractivity contribution in [3.8, 4) is 0 Å². The van der Waals surface area contributed by atoms with Gasteiger partial charge in [0.25, 0.3) is 0 Å². The van der Waals surface area contributed by atoms with Crippen LogP contribution in [0.2, 0.25) is 4.94 Å². The predicted molar refractivity (Wildman–Crippen MR) is 159 cm³/mol. The minimum absolute atomic E-state index is 0.0985. The average Bonchev–Trinajstić information content (AvgIpc) is 2.88. The molecule has 0 saturated heterocycles. The van der Waals surface area contributed by atoms with E-state index in [1.54, 1.807) is 0 Å². The van der Waals surface area contributed by atoms with Crippen LogP contribution in [0.15, 0.2) is 0 Å². The molecule has 0 bridgehead atoms. The average molecular weight is 708 g/mol. The molecule has 0 rings (SSSR count). The Morgan fingerprint density at radius 1 is 0.579 bits per heavy atom. The summed E-state index contributed by atoms with van der Waals surface area (Å²) in [6.07, 6.45) is 5.45. The number of ether oxygens (including phenoxy) is 3. The Hall–Kier alpha value is 0.139. The van der Waals surface area contributed by atoms with Gasteiger partial charge < -0.3 is 0 Å². The summed E-state index contributed by atoms with van der Waals surface area (Å²) < 4.78 is 33.8. The number of hydrogen-bond acceptors (Lipinski definition) is 12. The molecular weight excluding hydrogens is 659 g/mol. The van der Waals surface area contributed by atoms with Crippen LogP contribution in [0.3, 0.4) is 0 Å². The zero-order chi connectivity index (χ0) is 28.8. The summed E-state index contributed by atoms with van der Waals surface area (Å²) in [5, 5.41) is 0. The molecule has 0 radical (unpaired) electrons. The van der Waals surface area contributed by atoms with Crippen LogP contribution in [0.5, 0.6) is 0 Å². The molecule has 0 aliphatic rings. The zero-order valence-corrected chi connectivity index (χ0v) is 28.9. The number of carbonyl (C=O) groups excluding carboxylic acids is 3. The maximum absolute atomic E-state index is 13.0. The van der Waals surface area contributed by atoms with Crippen molar-refractivity contribution in [1.29, 1.82) is 0 Å². The van der Waals surface area contributed by atoms with Crippen molar-refractivity contribution in [3.05, 3.63) is 0 Å². The van der Waals surface area contributed by atoms with Crippen LogP contribution in [-0.2, 0) is 37.8 Å². The van der Waals surface area contributed by atoms with Crippen molar-refractivity contribution in [3.63, 3.8) is 0 Å². The van der Waals surface area contributed by atoms with Crippen molar-refractivity contribution in [2.24, 2.45) is 17.8 Å². The fourth-order valence-electron chi connectivity index (χ4n) is 2.86. The van der Waals surface area contributed by atoms with Crippen LogP contribution in [0.25, 0.3) is 0 Å². The Morgan fingerprint density at radius 3 is 1.05 bits per heavy atom. The Bertz CT molecular complexity index is 574. The minimum atomic E-state index is -5.09. The van der Waals surface area contributed by atoms with E-state index in [0.29, 0.717) is 19.8 Å². The third kappa shape index (κ3) is 17.1. The summed E-state index contributed by atoms with van der Waals surface area (Å²) >= 11 is 7.66. The second-order valence-electron chi connectivity index (χ2n) is 9.05. The molecule has 0 heterocycles. The van der Waals surface area contributed by atoms with Gasteiger partial charge in [0, 0.05) is 0 Å². The molecule has 0 fully saturated rings. The maximum atomic E-state index is 13.0. The quantitative estimate of drug-likeness (QED) is 0.0771. The molecule has 0 aromatic rings. The van der Waals surface area contributed by atoms with Gasteiger partial charge in [0.1, 0.15) is 0 Å². The fraction of sp³-hybridized carbons (Fsp3) is 0.880. The van der Waals surface area contributed by atoms with Gasteiger partial charge in [0.05, 0.1) is 0 Å². The van der Waals surface area contributed by atoms with E-state index in [1.807, 2.05) is 20.8 Å². The van der Waals surface area contributed by atoms with Crippen LogP contribution < -0.4 is 0 Å². The van der Waals surface area contributed by atoms with E-state index in [4.69, 9.17) is 23.4 Å². The first-order valence-electron chi connectivity index (χ1n) is 13.5. The van der Waals surface area contributed by atoms with Gasteiger partial charge >= 0.3 is 252 Å². The standard InChI is InChI=1S/3C8H16O3S.CH3.Sn/c3*1-2-3-4-11-5-7(6-12)8(9)10;;/h3*7,12H,2-6H2,1H3,(H,9,10);1H3;/q;;;;+3/p-3. The van der Waals surface area contributed by atoms with Crippen molar-refractivity contribution >= 4 is 75.4 Å². The molecule has 3 unspecified atom stereocenters. The summed E-state index contributed by atoms with van der Waals surface area (Å²) in [4.78, 5) is 40.5. The summed E-state index contributed by atoms with van der Waals surface area (Å²) in [6, 6.07) is 0. The molecule has 0 aliphatic heterocycles. The summed E-state index contributed by atoms with van der Waals surface area (Å²) in [7, 11) is 0. The summed E-state index contributed by atoms with van der Waals surface area (Å²) in [5.41, 5.74) is 0. The molecule has 0 N–H and O–H groups in total. The van der Waals surface area contributed by atoms with Crippen LogP contribution in [0.1, 0.15) is 59.3 Å². The van der Waals surface area contributed by atoms with E-state index in [0.717, 1.165) is 38.5 Å². The van der Waals surface area contributed by atoms with Crippen LogP contribution in [0, 0.1) is 17.8 Å². The van der Waals surface area contributed by atoms with E-state index in [-0.39, 0.29) is 37.1 Å². The second-order valence-corrected chi connectivity index (χ2v) is 16.8. The summed E-state index contributed by atoms with van der Waals surface area (Å²) in [6.45, 7) is 7.91. The Balaban J connectivity index is 5.57. The molecule has 9 nitrogen and oxygen atoms in total. The third-order valence-electron chi connectivity index (χ3n) is 5.40. The monoisotopic (exact) mass is 708 g/mol. The van der Waals surface area contributed by atoms with Crippen LogP contribution in [-0.4, -0.2) is 94.4 Å². The second kappa shape index (κ2) is 23.8. The van der Waals surface area contributed by atoms with Gasteiger partial charge in [-0.05, 0) is 0 Å². The Labute approximate surface area is 250 Å². The SMILES string of the molecule is CCCCOCC(CS)C(=O)[O][Sn]([CH3])([O]C(=O)C(CS)COCCCC)[O]C(=O)C(CS)COCCCC. The number of carbonyl (C=O) groups is 3. The van der Waals surface area contributed by atoms with Crippen molar-refractivity contribution in [1.82, 2.24) is 0 Å². The molecule has 0 aromatic carbocycles. The normalized spacial score (nSPS) is 15.2. The van der Waals surface area contributed by atoms with E-state index in [9.17, 15) is 14.4 Å². The molecule has 13 heteroatoms. The fourth-order valence-corrected chi connectivity index (χ4v) is 8.54. The van der Waals surface area contributed by atoms with Crippen molar-refractivity contribution in [2.75, 3.05) is 56.9 Å². The first-order chi connectivity index (χ1) is 18.2. The van der Waals surface area contributed by atoms with E-state index in [2.05, 4.69) is 37.9 Å². The van der Waals surface area contributed by atoms with E-state index >= 15 is 0 Å². The van der Waals surface area contributed by atoms with Gasteiger partial charge in [-0.3, -0.25) is 0 Å². The molecule has 3 atom stereocenters. The van der Waals surface area contributed by atoms with Crippen LogP contribution >= 0.6 is 37.9 Å². The first-order valence-corrected chi connectivity index (χ1v) is 21.7. The van der Waals surface area contributed by atoms with Crippen LogP contribution in [0.4, 0.5) is 0 Å². The number of unbranched alkanes of at least 4 members (excludes halogenated alkanes) is 3. The van der Waals surface area contributed by atoms with Gasteiger partial charge in [-0.25, -0.2) is 0 Å². The predicted octanol–water partition coefficient (Wildman–Crippen LogP) is 4.27. The molecular formula is C25H48O9S3Sn. The van der Waals surface area contributed by atoms with Gasteiger partial charge in [-0.1, -0.05) is 0 Å². The molecule has 0 amide bonds. The topological polar surface area (TPSA) is 107 Å². The van der Waals surface area contributed by atoms with E-state index in [1.165, 1.54) is 4.94 Å². The zero-order valence-electron chi connectivity index (χ0n) is 23.4. The first kappa shape index (κ1) is 38.1. The Morgan fingerprint density at radius 2 is 0.842 bits per heavy atom. The molecule has 0 aromatic heterocycles. The van der Waals surface area contributed by atoms with Crippen molar-refractivity contribution < 1.29 is 37.8 Å². The van der Waals surface area contributed by atoms with Gasteiger partial charge in [0.15, 0.2) is 0 Å². The van der Waals surface area contributed by atoms with Gasteiger partial charge in [-0.15, -0.1) is 0 Å². The number of rotatable bonds is 24. The Kier molecular flexibility index (Phi) is 23.9. The number of hydrogen-bond donors (Lipinski definition) is 3. The number of thiol groups is 3.